The van der Waals surface area contributed by atoms with Crippen LogP contribution in [-0.4, -0.2) is 19.8 Å². The normalized spacial score (nSPS) is 43.1. The number of rotatable bonds is 3. The Morgan fingerprint density at radius 1 is 0.424 bits per heavy atom. The maximum Gasteiger partial charge on any atom is 0.252 e. The molecule has 12 saturated carbocycles. The largest absolute Gasteiger partial charge is 0.342 e. The van der Waals surface area contributed by atoms with E-state index in [4.69, 9.17) is 0 Å². The van der Waals surface area contributed by atoms with E-state index in [1.807, 2.05) is 22.3 Å². The third kappa shape index (κ3) is 4.44. The van der Waals surface area contributed by atoms with Crippen molar-refractivity contribution in [2.75, 3.05) is 22.9 Å². The summed E-state index contributed by atoms with van der Waals surface area (Å²) >= 11 is 0. The van der Waals surface area contributed by atoms with Gasteiger partial charge >= 0.3 is 0 Å². The molecule has 0 unspecified atom stereocenters. The third-order valence-electron chi connectivity index (χ3n) is 21.8. The minimum Gasteiger partial charge on any atom is -0.342 e. The molecule has 12 bridgehead atoms. The van der Waals surface area contributed by atoms with E-state index >= 15 is 0 Å². The van der Waals surface area contributed by atoms with Crippen molar-refractivity contribution in [1.29, 1.82) is 0 Å². The van der Waals surface area contributed by atoms with E-state index in [9.17, 15) is 0 Å². The molecule has 4 heterocycles. The van der Waals surface area contributed by atoms with Gasteiger partial charge in [-0.25, -0.2) is 0 Å². The van der Waals surface area contributed by atoms with Crippen LogP contribution in [0.2, 0.25) is 0 Å². The van der Waals surface area contributed by atoms with Crippen LogP contribution in [-0.2, 0) is 29.1 Å². The Morgan fingerprint density at radius 3 is 1.15 bits per heavy atom. The summed E-state index contributed by atoms with van der Waals surface area (Å²) in [4.78, 5) is 6.04. The van der Waals surface area contributed by atoms with Crippen molar-refractivity contribution >= 4 is 45.9 Å². The monoisotopic (exact) mass is 779 g/mol. The molecule has 4 aliphatic heterocycles. The molecule has 12 fully saturated rings. The zero-order valence-electron chi connectivity index (χ0n) is 36.0. The zero-order chi connectivity index (χ0) is 38.0. The quantitative estimate of drug-likeness (QED) is 0.244. The van der Waals surface area contributed by atoms with Crippen LogP contribution in [0.15, 0.2) is 36.4 Å². The van der Waals surface area contributed by atoms with Crippen molar-refractivity contribution in [2.45, 2.75) is 170 Å². The molecule has 0 spiro atoms. The fraction of sp³-hybridized carbons (Fsp3) is 0.679. The van der Waals surface area contributed by atoms with Crippen LogP contribution in [0.4, 0.5) is 22.7 Å². The van der Waals surface area contributed by atoms with Crippen molar-refractivity contribution in [2.24, 2.45) is 53.3 Å². The van der Waals surface area contributed by atoms with Gasteiger partial charge in [-0.2, -0.15) is 0 Å². The standard InChI is InChI=1S/C56H67BN2/c1-3-11-58-49-22-42(54-24-33-13-34(25-54)15-35(14-33)26-54)23-50-51(49)57(47-9-7-45(43(5-1)52(47)58)55-27-36-16-37(28-55)18-38(17-36)29-55)48-10-8-46(44-6-2-4-12-59(50)53(44)48)56-30-39-19-40(31-56)21-41(20-39)32-56/h7-10,22-23,33-41H,1-6,11-21,24-32H2. The minimum absolute atomic E-state index is 0.368. The second-order valence-electron chi connectivity index (χ2n) is 25.2. The van der Waals surface area contributed by atoms with Gasteiger partial charge in [0.1, 0.15) is 0 Å². The van der Waals surface area contributed by atoms with Gasteiger partial charge in [-0.3, -0.25) is 0 Å². The van der Waals surface area contributed by atoms with Gasteiger partial charge in [0, 0.05) is 35.8 Å². The van der Waals surface area contributed by atoms with Crippen LogP contribution < -0.4 is 26.2 Å². The average Bonchev–Trinajstić information content (AvgIpc) is 3.57. The molecule has 12 aliphatic carbocycles. The van der Waals surface area contributed by atoms with Crippen molar-refractivity contribution in [1.82, 2.24) is 0 Å². The molecule has 59 heavy (non-hydrogen) atoms. The molecule has 0 amide bonds. The minimum atomic E-state index is 0.368. The summed E-state index contributed by atoms with van der Waals surface area (Å²) in [6.45, 7) is 2.78. The summed E-state index contributed by atoms with van der Waals surface area (Å²) < 4.78 is 0. The third-order valence-corrected chi connectivity index (χ3v) is 21.8. The molecule has 0 radical (unpaired) electrons. The van der Waals surface area contributed by atoms with Gasteiger partial charge in [0.2, 0.25) is 0 Å². The van der Waals surface area contributed by atoms with E-state index in [0.717, 1.165) is 53.3 Å². The fourth-order valence-electron chi connectivity index (χ4n) is 21.3. The highest BCUT2D eigenvalue weighted by molar-refractivity contribution is 7.00. The Kier molecular flexibility index (Phi) is 6.59. The smallest absolute Gasteiger partial charge is 0.252 e. The molecule has 0 aromatic heterocycles. The summed E-state index contributed by atoms with van der Waals surface area (Å²) in [7, 11) is 0. The van der Waals surface area contributed by atoms with E-state index in [2.05, 4.69) is 46.2 Å². The lowest BCUT2D eigenvalue weighted by atomic mass is 9.32. The van der Waals surface area contributed by atoms with E-state index in [1.165, 1.54) is 167 Å². The molecule has 304 valence electrons. The van der Waals surface area contributed by atoms with Crippen LogP contribution in [0.25, 0.3) is 0 Å². The lowest BCUT2D eigenvalue weighted by Crippen LogP contribution is -2.63. The molecule has 19 rings (SSSR count). The number of fused-ring (bicyclic) bond motifs is 4. The fourth-order valence-corrected chi connectivity index (χ4v) is 21.3. The summed E-state index contributed by atoms with van der Waals surface area (Å²) in [5.41, 5.74) is 22.3. The van der Waals surface area contributed by atoms with Crippen molar-refractivity contribution in [3.63, 3.8) is 0 Å². The van der Waals surface area contributed by atoms with Crippen LogP contribution >= 0.6 is 0 Å². The van der Waals surface area contributed by atoms with Crippen LogP contribution in [0.1, 0.15) is 169 Å². The second-order valence-corrected chi connectivity index (χ2v) is 25.2. The first-order valence-electron chi connectivity index (χ1n) is 26.0. The Hall–Kier alpha value is -2.68. The van der Waals surface area contributed by atoms with Gasteiger partial charge in [-0.15, -0.1) is 0 Å². The lowest BCUT2D eigenvalue weighted by molar-refractivity contribution is -0.00566. The summed E-state index contributed by atoms with van der Waals surface area (Å²) in [6.07, 6.45) is 35.1. The van der Waals surface area contributed by atoms with Gasteiger partial charge < -0.3 is 9.80 Å². The van der Waals surface area contributed by atoms with Crippen molar-refractivity contribution < 1.29 is 0 Å². The van der Waals surface area contributed by atoms with E-state index in [1.54, 1.807) is 44.7 Å². The van der Waals surface area contributed by atoms with Gasteiger partial charge in [0.25, 0.3) is 6.71 Å². The van der Waals surface area contributed by atoms with E-state index < -0.39 is 0 Å². The topological polar surface area (TPSA) is 6.48 Å². The van der Waals surface area contributed by atoms with Gasteiger partial charge in [0.15, 0.2) is 0 Å². The Morgan fingerprint density at radius 2 is 0.780 bits per heavy atom. The molecular weight excluding hydrogens is 711 g/mol. The maximum absolute atomic E-state index is 3.02. The molecule has 3 aromatic carbocycles. The van der Waals surface area contributed by atoms with Crippen LogP contribution in [0, 0.1) is 53.3 Å². The van der Waals surface area contributed by atoms with E-state index in [0.29, 0.717) is 23.0 Å². The SMILES string of the molecule is c1cc(C23CC4CC(CC(C4)C2)C3)c2c3c1B1c4ccc(C56CC7CC(CC(C7)C5)C6)c5c4N(CCCC5)c4cc(C56CC7CC(CC(C7)C5)C6)cc(c41)N3CCCC2. The first-order chi connectivity index (χ1) is 29.0. The Labute approximate surface area is 355 Å². The van der Waals surface area contributed by atoms with Crippen molar-refractivity contribution in [3.8, 4) is 0 Å². The number of hydrogen-bond donors (Lipinski definition) is 0. The second kappa shape index (κ2) is 11.5. The highest BCUT2D eigenvalue weighted by atomic mass is 15.2. The Bertz CT molecular complexity index is 2110. The summed E-state index contributed by atoms with van der Waals surface area (Å²) in [5, 5.41) is 0. The van der Waals surface area contributed by atoms with E-state index in [-0.39, 0.29) is 0 Å². The molecule has 16 aliphatic rings. The summed E-state index contributed by atoms with van der Waals surface area (Å²) in [5.74, 6) is 8.87. The number of benzene rings is 3. The molecule has 0 N–H and O–H groups in total. The molecule has 0 atom stereocenters. The van der Waals surface area contributed by atoms with Gasteiger partial charge in [-0.1, -0.05) is 24.3 Å². The Balaban J connectivity index is 0.947. The predicted molar refractivity (Wildman–Crippen MR) is 243 cm³/mol. The van der Waals surface area contributed by atoms with Gasteiger partial charge in [0.05, 0.1) is 0 Å². The zero-order valence-corrected chi connectivity index (χ0v) is 36.0. The molecular formula is C56H67BN2. The number of hydrogen-bond acceptors (Lipinski definition) is 2. The van der Waals surface area contributed by atoms with Crippen LogP contribution in [0.3, 0.4) is 0 Å². The number of anilines is 4. The molecule has 3 heteroatoms. The maximum atomic E-state index is 3.02. The summed E-state index contributed by atoms with van der Waals surface area (Å²) in [6, 6.07) is 17.0. The first kappa shape index (κ1) is 33.9. The predicted octanol–water partition coefficient (Wildman–Crippen LogP) is 11.2. The lowest BCUT2D eigenvalue weighted by Gasteiger charge is -2.58. The molecule has 3 aromatic rings. The first-order valence-corrected chi connectivity index (χ1v) is 26.0. The molecule has 2 nitrogen and oxygen atoms in total. The van der Waals surface area contributed by atoms with Crippen LogP contribution in [0.5, 0.6) is 0 Å². The highest BCUT2D eigenvalue weighted by Crippen LogP contribution is 2.65. The van der Waals surface area contributed by atoms with Crippen molar-refractivity contribution in [3.05, 3.63) is 64.2 Å². The number of nitrogens with zero attached hydrogens (tertiary/aromatic N) is 2. The molecule has 0 saturated heterocycles. The average molecular weight is 779 g/mol. The van der Waals surface area contributed by atoms with Gasteiger partial charge in [-0.05, 0) is 280 Å². The highest BCUT2D eigenvalue weighted by Gasteiger charge is 2.57.